The molecular formula is C27H48O2S. The molecule has 1 N–H and O–H groups in total. The first-order valence-corrected chi connectivity index (χ1v) is 14.4. The topological polar surface area (TPSA) is 37.3 Å². The van der Waals surface area contributed by atoms with Crippen molar-refractivity contribution in [1.82, 2.24) is 0 Å². The summed E-state index contributed by atoms with van der Waals surface area (Å²) in [5.41, 5.74) is 1.01. The van der Waals surface area contributed by atoms with E-state index in [0.717, 1.165) is 48.3 Å². The van der Waals surface area contributed by atoms with Crippen molar-refractivity contribution in [2.45, 2.75) is 117 Å². The molecule has 0 amide bonds. The summed E-state index contributed by atoms with van der Waals surface area (Å²) in [6.45, 7) is 12.6. The van der Waals surface area contributed by atoms with Gasteiger partial charge in [0.2, 0.25) is 0 Å². The first-order chi connectivity index (χ1) is 14.2. The Bertz CT molecular complexity index is 632. The standard InChI is InChI=1S/C27H48O2S/c1-18(2)7-6-8-19(3)23-11-12-24-22-10-9-20-17-21(30(28)29)13-15-26(20,4)25(22)14-16-27(23,24)5/h18-25H,6-17H2,1-5H3,(H,28,29)/t19-,20+,21-,22+,23-,24+,25?,26+,27-/m1/s1. The van der Waals surface area contributed by atoms with E-state index in [4.69, 9.17) is 0 Å². The molecule has 3 heteroatoms. The highest BCUT2D eigenvalue weighted by molar-refractivity contribution is 7.79. The van der Waals surface area contributed by atoms with E-state index < -0.39 is 11.1 Å². The van der Waals surface area contributed by atoms with Crippen LogP contribution in [0.3, 0.4) is 0 Å². The van der Waals surface area contributed by atoms with Crippen LogP contribution in [-0.2, 0) is 11.1 Å². The predicted octanol–water partition coefficient (Wildman–Crippen LogP) is 7.70. The highest BCUT2D eigenvalue weighted by Gasteiger charge is 2.60. The second-order valence-electron chi connectivity index (χ2n) is 12.9. The summed E-state index contributed by atoms with van der Waals surface area (Å²) in [4.78, 5) is 0. The lowest BCUT2D eigenvalue weighted by molar-refractivity contribution is -0.113. The zero-order chi connectivity index (χ0) is 21.7. The Morgan fingerprint density at radius 1 is 0.900 bits per heavy atom. The average Bonchev–Trinajstić information content (AvgIpc) is 3.04. The van der Waals surface area contributed by atoms with Crippen molar-refractivity contribution >= 4 is 11.1 Å². The first-order valence-electron chi connectivity index (χ1n) is 13.3. The van der Waals surface area contributed by atoms with E-state index in [-0.39, 0.29) is 5.25 Å². The van der Waals surface area contributed by atoms with Crippen LogP contribution in [0.2, 0.25) is 0 Å². The lowest BCUT2D eigenvalue weighted by atomic mass is 9.44. The van der Waals surface area contributed by atoms with E-state index in [2.05, 4.69) is 34.6 Å². The molecule has 0 aliphatic heterocycles. The van der Waals surface area contributed by atoms with Crippen LogP contribution < -0.4 is 0 Å². The predicted molar refractivity (Wildman–Crippen MR) is 128 cm³/mol. The molecule has 4 rings (SSSR count). The molecule has 4 aliphatic rings. The summed E-state index contributed by atoms with van der Waals surface area (Å²) in [6, 6.07) is 0. The van der Waals surface area contributed by atoms with Crippen LogP contribution >= 0.6 is 0 Å². The van der Waals surface area contributed by atoms with Crippen LogP contribution in [0.5, 0.6) is 0 Å². The van der Waals surface area contributed by atoms with Crippen LogP contribution in [0.1, 0.15) is 112 Å². The van der Waals surface area contributed by atoms with Crippen molar-refractivity contribution < 1.29 is 8.76 Å². The summed E-state index contributed by atoms with van der Waals surface area (Å²) in [5.74, 6) is 6.09. The smallest absolute Gasteiger partial charge is 0.155 e. The van der Waals surface area contributed by atoms with Crippen LogP contribution in [-0.4, -0.2) is 14.0 Å². The van der Waals surface area contributed by atoms with Gasteiger partial charge in [0.25, 0.3) is 0 Å². The Hall–Kier alpha value is 0.110. The summed E-state index contributed by atoms with van der Waals surface area (Å²) in [6.07, 6.45) is 15.9. The van der Waals surface area contributed by atoms with Gasteiger partial charge in [-0.05, 0) is 110 Å². The zero-order valence-electron chi connectivity index (χ0n) is 20.4. The molecule has 4 saturated carbocycles. The quantitative estimate of drug-likeness (QED) is 0.433. The Labute approximate surface area is 189 Å². The largest absolute Gasteiger partial charge is 0.306 e. The molecule has 0 saturated heterocycles. The fourth-order valence-electron chi connectivity index (χ4n) is 9.43. The first kappa shape index (κ1) is 23.3. The summed E-state index contributed by atoms with van der Waals surface area (Å²) >= 11 is -1.62. The summed E-state index contributed by atoms with van der Waals surface area (Å²) in [7, 11) is 0. The number of hydrogen-bond donors (Lipinski definition) is 1. The maximum Gasteiger partial charge on any atom is 0.155 e. The number of rotatable bonds is 6. The molecule has 10 atom stereocenters. The van der Waals surface area contributed by atoms with Crippen molar-refractivity contribution in [1.29, 1.82) is 0 Å². The maximum atomic E-state index is 11.7. The molecule has 30 heavy (non-hydrogen) atoms. The highest BCUT2D eigenvalue weighted by Crippen LogP contribution is 2.68. The van der Waals surface area contributed by atoms with Crippen LogP contribution in [0.4, 0.5) is 0 Å². The molecule has 174 valence electrons. The van der Waals surface area contributed by atoms with E-state index >= 15 is 0 Å². The van der Waals surface area contributed by atoms with Crippen LogP contribution in [0.25, 0.3) is 0 Å². The van der Waals surface area contributed by atoms with Gasteiger partial charge in [-0.15, -0.1) is 0 Å². The third kappa shape index (κ3) is 3.97. The molecule has 0 spiro atoms. The van der Waals surface area contributed by atoms with Gasteiger partial charge >= 0.3 is 0 Å². The zero-order valence-corrected chi connectivity index (χ0v) is 21.2. The third-order valence-electron chi connectivity index (χ3n) is 11.1. The highest BCUT2D eigenvalue weighted by atomic mass is 32.2. The van der Waals surface area contributed by atoms with Gasteiger partial charge in [0.05, 0.1) is 5.25 Å². The van der Waals surface area contributed by atoms with Crippen molar-refractivity contribution in [2.24, 2.45) is 52.3 Å². The van der Waals surface area contributed by atoms with Crippen molar-refractivity contribution in [3.8, 4) is 0 Å². The Kier molecular flexibility index (Phi) is 6.83. The SMILES string of the molecule is CC(C)CCC[C@@H](C)[C@H]1CC[C@H]2[C@@H]3CC[C@H]4C[C@H](S(=O)O)CC[C@]4(C)C3CC[C@]12C. The fraction of sp³-hybridized carbons (Fsp3) is 1.00. The summed E-state index contributed by atoms with van der Waals surface area (Å²) in [5, 5.41) is 0.0380. The summed E-state index contributed by atoms with van der Waals surface area (Å²) < 4.78 is 21.4. The molecule has 0 aromatic carbocycles. The van der Waals surface area contributed by atoms with Crippen LogP contribution in [0.15, 0.2) is 0 Å². The van der Waals surface area contributed by atoms with E-state index in [1.807, 2.05) is 0 Å². The van der Waals surface area contributed by atoms with Gasteiger partial charge in [-0.1, -0.05) is 53.9 Å². The van der Waals surface area contributed by atoms with E-state index in [0.29, 0.717) is 16.7 Å². The Morgan fingerprint density at radius 3 is 2.30 bits per heavy atom. The van der Waals surface area contributed by atoms with Gasteiger partial charge in [0, 0.05) is 0 Å². The molecular weight excluding hydrogens is 388 g/mol. The molecule has 4 fully saturated rings. The molecule has 2 unspecified atom stereocenters. The third-order valence-corrected chi connectivity index (χ3v) is 12.1. The molecule has 2 nitrogen and oxygen atoms in total. The molecule has 0 aromatic heterocycles. The average molecular weight is 437 g/mol. The Morgan fingerprint density at radius 2 is 1.60 bits per heavy atom. The normalized spacial score (nSPS) is 48.0. The molecule has 0 aromatic rings. The van der Waals surface area contributed by atoms with Gasteiger partial charge in [-0.2, -0.15) is 0 Å². The second kappa shape index (κ2) is 8.81. The number of hydrogen-bond acceptors (Lipinski definition) is 1. The monoisotopic (exact) mass is 436 g/mol. The van der Waals surface area contributed by atoms with E-state index in [9.17, 15) is 8.76 Å². The molecule has 4 aliphatic carbocycles. The fourth-order valence-corrected chi connectivity index (χ4v) is 10.1. The van der Waals surface area contributed by atoms with E-state index in [1.165, 1.54) is 64.2 Å². The molecule has 0 bridgehead atoms. The Balaban J connectivity index is 1.45. The van der Waals surface area contributed by atoms with E-state index in [1.54, 1.807) is 0 Å². The van der Waals surface area contributed by atoms with Gasteiger partial charge < -0.3 is 4.55 Å². The minimum atomic E-state index is -1.62. The van der Waals surface area contributed by atoms with Gasteiger partial charge in [0.1, 0.15) is 0 Å². The molecule has 0 heterocycles. The minimum absolute atomic E-state index is 0.0380. The van der Waals surface area contributed by atoms with Crippen molar-refractivity contribution in [3.05, 3.63) is 0 Å². The van der Waals surface area contributed by atoms with Crippen molar-refractivity contribution in [3.63, 3.8) is 0 Å². The number of fused-ring (bicyclic) bond motifs is 5. The van der Waals surface area contributed by atoms with Gasteiger partial charge in [0.15, 0.2) is 11.1 Å². The molecule has 0 radical (unpaired) electrons. The lowest BCUT2D eigenvalue weighted by Crippen LogP contribution is -2.54. The van der Waals surface area contributed by atoms with Crippen molar-refractivity contribution in [2.75, 3.05) is 0 Å². The van der Waals surface area contributed by atoms with Gasteiger partial charge in [-0.25, -0.2) is 4.21 Å². The van der Waals surface area contributed by atoms with Gasteiger partial charge in [-0.3, -0.25) is 0 Å². The lowest BCUT2D eigenvalue weighted by Gasteiger charge is -2.61. The maximum absolute atomic E-state index is 11.7. The minimum Gasteiger partial charge on any atom is -0.306 e. The van der Waals surface area contributed by atoms with Crippen LogP contribution in [0, 0.1) is 52.3 Å². The second-order valence-corrected chi connectivity index (χ2v) is 14.1.